The zero-order chi connectivity index (χ0) is 17.3. The van der Waals surface area contributed by atoms with Crippen LogP contribution in [0.2, 0.25) is 0 Å². The van der Waals surface area contributed by atoms with E-state index < -0.39 is 23.2 Å². The number of hydrogen-bond donors (Lipinski definition) is 3. The summed E-state index contributed by atoms with van der Waals surface area (Å²) < 4.78 is 38.8. The first kappa shape index (κ1) is 15.9. The lowest BCUT2D eigenvalue weighted by molar-refractivity contribution is -0.137. The summed E-state index contributed by atoms with van der Waals surface area (Å²) in [5.41, 5.74) is 0.0508. The molecule has 3 aromatic rings. The number of hydrogen-bond acceptors (Lipinski definition) is 2. The molecule has 0 saturated carbocycles. The minimum Gasteiger partial charge on any atom is -0.348 e. The Morgan fingerprint density at radius 3 is 2.50 bits per heavy atom. The van der Waals surface area contributed by atoms with Crippen molar-refractivity contribution < 1.29 is 18.0 Å². The second-order valence-electron chi connectivity index (χ2n) is 5.19. The molecule has 0 radical (unpaired) electrons. The molecule has 0 aliphatic heterocycles. The van der Waals surface area contributed by atoms with Gasteiger partial charge < -0.3 is 15.3 Å². The summed E-state index contributed by atoms with van der Waals surface area (Å²) in [7, 11) is 0. The Kier molecular flexibility index (Phi) is 3.88. The van der Waals surface area contributed by atoms with Gasteiger partial charge in [-0.15, -0.1) is 0 Å². The van der Waals surface area contributed by atoms with Gasteiger partial charge in [-0.05, 0) is 29.8 Å². The maximum absolute atomic E-state index is 12.9. The normalized spacial score (nSPS) is 11.6. The third-order valence-electron chi connectivity index (χ3n) is 3.51. The van der Waals surface area contributed by atoms with Crippen LogP contribution >= 0.6 is 0 Å². The number of imidazole rings is 1. The van der Waals surface area contributed by atoms with Crippen LogP contribution in [0.15, 0.2) is 47.3 Å². The van der Waals surface area contributed by atoms with Crippen molar-refractivity contribution in [1.29, 1.82) is 0 Å². The first-order valence-corrected chi connectivity index (χ1v) is 7.00. The van der Waals surface area contributed by atoms with Gasteiger partial charge in [0.2, 0.25) is 0 Å². The first-order chi connectivity index (χ1) is 11.3. The SMILES string of the molecule is O=C(NCc1ccc2[nH]c(=O)[nH]c2c1)c1ccccc1C(F)(F)F. The predicted molar refractivity (Wildman–Crippen MR) is 81.5 cm³/mol. The Balaban J connectivity index is 1.79. The van der Waals surface area contributed by atoms with E-state index in [1.165, 1.54) is 12.1 Å². The number of amides is 1. The molecule has 2 aromatic carbocycles. The number of nitrogens with one attached hydrogen (secondary N) is 3. The number of carbonyl (C=O) groups is 1. The quantitative estimate of drug-likeness (QED) is 0.688. The van der Waals surface area contributed by atoms with Crippen molar-refractivity contribution in [3.05, 3.63) is 69.6 Å². The molecule has 1 aromatic heterocycles. The molecule has 0 bridgehead atoms. The second kappa shape index (κ2) is 5.88. The molecule has 1 heterocycles. The first-order valence-electron chi connectivity index (χ1n) is 7.00. The van der Waals surface area contributed by atoms with Gasteiger partial charge in [0.05, 0.1) is 22.2 Å². The molecule has 3 N–H and O–H groups in total. The summed E-state index contributed by atoms with van der Waals surface area (Å²) in [6.07, 6.45) is -4.60. The maximum Gasteiger partial charge on any atom is 0.417 e. The minimum atomic E-state index is -4.60. The smallest absolute Gasteiger partial charge is 0.348 e. The number of carbonyl (C=O) groups excluding carboxylic acids is 1. The van der Waals surface area contributed by atoms with Crippen LogP contribution in [0.4, 0.5) is 13.2 Å². The molecule has 0 saturated heterocycles. The van der Waals surface area contributed by atoms with Gasteiger partial charge in [0, 0.05) is 6.54 Å². The average Bonchev–Trinajstić information content (AvgIpc) is 2.91. The highest BCUT2D eigenvalue weighted by Crippen LogP contribution is 2.31. The number of benzene rings is 2. The van der Waals surface area contributed by atoms with Gasteiger partial charge in [-0.1, -0.05) is 18.2 Å². The van der Waals surface area contributed by atoms with E-state index in [0.717, 1.165) is 12.1 Å². The molecule has 124 valence electrons. The van der Waals surface area contributed by atoms with Gasteiger partial charge in [-0.2, -0.15) is 13.2 Å². The van der Waals surface area contributed by atoms with E-state index in [4.69, 9.17) is 0 Å². The van der Waals surface area contributed by atoms with E-state index in [-0.39, 0.29) is 12.2 Å². The lowest BCUT2D eigenvalue weighted by Gasteiger charge is -2.12. The fourth-order valence-electron chi connectivity index (χ4n) is 2.40. The van der Waals surface area contributed by atoms with Crippen LogP contribution in [0, 0.1) is 0 Å². The topological polar surface area (TPSA) is 77.8 Å². The Labute approximate surface area is 133 Å². The monoisotopic (exact) mass is 335 g/mol. The van der Waals surface area contributed by atoms with Crippen LogP contribution in [-0.2, 0) is 12.7 Å². The standard InChI is InChI=1S/C16H12F3N3O2/c17-16(18,19)11-4-2-1-3-10(11)14(23)20-8-9-5-6-12-13(7-9)22-15(24)21-12/h1-7H,8H2,(H,20,23)(H2,21,22,24). The van der Waals surface area contributed by atoms with Gasteiger partial charge in [0.15, 0.2) is 0 Å². The minimum absolute atomic E-state index is 0.0359. The van der Waals surface area contributed by atoms with Crippen molar-refractivity contribution in [2.45, 2.75) is 12.7 Å². The number of alkyl halides is 3. The van der Waals surface area contributed by atoms with Crippen molar-refractivity contribution >= 4 is 16.9 Å². The number of H-pyrrole nitrogens is 2. The summed E-state index contributed by atoms with van der Waals surface area (Å²) in [6, 6.07) is 9.57. The summed E-state index contributed by atoms with van der Waals surface area (Å²) in [5.74, 6) is -0.814. The van der Waals surface area contributed by atoms with Gasteiger partial charge in [-0.25, -0.2) is 4.79 Å². The Morgan fingerprint density at radius 2 is 1.75 bits per heavy atom. The molecule has 0 spiro atoms. The van der Waals surface area contributed by atoms with Crippen molar-refractivity contribution in [2.75, 3.05) is 0 Å². The van der Waals surface area contributed by atoms with Crippen molar-refractivity contribution in [2.24, 2.45) is 0 Å². The fraction of sp³-hybridized carbons (Fsp3) is 0.125. The van der Waals surface area contributed by atoms with Gasteiger partial charge in [0.25, 0.3) is 5.91 Å². The third kappa shape index (κ3) is 3.17. The molecule has 0 atom stereocenters. The highest BCUT2D eigenvalue weighted by atomic mass is 19.4. The van der Waals surface area contributed by atoms with E-state index in [2.05, 4.69) is 15.3 Å². The van der Waals surface area contributed by atoms with Gasteiger partial charge >= 0.3 is 11.9 Å². The van der Waals surface area contributed by atoms with E-state index in [9.17, 15) is 22.8 Å². The van der Waals surface area contributed by atoms with Gasteiger partial charge in [0.1, 0.15) is 0 Å². The van der Waals surface area contributed by atoms with Crippen LogP contribution in [0.5, 0.6) is 0 Å². The Bertz CT molecular complexity index is 957. The number of rotatable bonds is 3. The number of halogens is 3. The van der Waals surface area contributed by atoms with E-state index >= 15 is 0 Å². The lowest BCUT2D eigenvalue weighted by Crippen LogP contribution is -2.25. The largest absolute Gasteiger partial charge is 0.417 e. The molecular weight excluding hydrogens is 323 g/mol. The van der Waals surface area contributed by atoms with Crippen molar-refractivity contribution in [3.63, 3.8) is 0 Å². The molecule has 0 fully saturated rings. The molecule has 5 nitrogen and oxygen atoms in total. The Morgan fingerprint density at radius 1 is 1.04 bits per heavy atom. The molecule has 1 amide bonds. The van der Waals surface area contributed by atoms with Crippen LogP contribution in [0.1, 0.15) is 21.5 Å². The highest BCUT2D eigenvalue weighted by molar-refractivity contribution is 5.95. The number of aromatic nitrogens is 2. The number of fused-ring (bicyclic) bond motifs is 1. The van der Waals surface area contributed by atoms with Crippen LogP contribution in [-0.4, -0.2) is 15.9 Å². The molecule has 0 aliphatic rings. The molecule has 0 unspecified atom stereocenters. The van der Waals surface area contributed by atoms with E-state index in [1.807, 2.05) is 0 Å². The molecule has 24 heavy (non-hydrogen) atoms. The van der Waals surface area contributed by atoms with Gasteiger partial charge in [-0.3, -0.25) is 4.79 Å². The second-order valence-corrected chi connectivity index (χ2v) is 5.19. The van der Waals surface area contributed by atoms with Crippen molar-refractivity contribution in [3.8, 4) is 0 Å². The number of aromatic amines is 2. The zero-order valence-corrected chi connectivity index (χ0v) is 12.2. The van der Waals surface area contributed by atoms with Crippen LogP contribution < -0.4 is 11.0 Å². The van der Waals surface area contributed by atoms with Crippen molar-refractivity contribution in [1.82, 2.24) is 15.3 Å². The zero-order valence-electron chi connectivity index (χ0n) is 12.2. The van der Waals surface area contributed by atoms with Crippen LogP contribution in [0.25, 0.3) is 11.0 Å². The molecular formula is C16H12F3N3O2. The summed E-state index contributed by atoms with van der Waals surface area (Å²) in [4.78, 5) is 28.4. The predicted octanol–water partition coefficient (Wildman–Crippen LogP) is 2.81. The Hall–Kier alpha value is -3.03. The van der Waals surface area contributed by atoms with E-state index in [0.29, 0.717) is 16.6 Å². The highest BCUT2D eigenvalue weighted by Gasteiger charge is 2.34. The van der Waals surface area contributed by atoms with E-state index in [1.54, 1.807) is 18.2 Å². The molecule has 8 heteroatoms. The van der Waals surface area contributed by atoms with Crippen LogP contribution in [0.3, 0.4) is 0 Å². The summed E-state index contributed by atoms with van der Waals surface area (Å²) in [5, 5.41) is 2.46. The summed E-state index contributed by atoms with van der Waals surface area (Å²) in [6.45, 7) is 0.0359. The fourth-order valence-corrected chi connectivity index (χ4v) is 2.40. The maximum atomic E-state index is 12.9. The summed E-state index contributed by atoms with van der Waals surface area (Å²) >= 11 is 0. The molecule has 0 aliphatic carbocycles. The third-order valence-corrected chi connectivity index (χ3v) is 3.51. The molecule has 3 rings (SSSR count). The average molecular weight is 335 g/mol. The lowest BCUT2D eigenvalue weighted by atomic mass is 10.1.